The first-order valence-corrected chi connectivity index (χ1v) is 6.60. The van der Waals surface area contributed by atoms with Crippen molar-refractivity contribution in [3.05, 3.63) is 66.2 Å². The zero-order valence-corrected chi connectivity index (χ0v) is 11.3. The van der Waals surface area contributed by atoms with Gasteiger partial charge in [0.1, 0.15) is 5.84 Å². The first-order chi connectivity index (χ1) is 9.79. The van der Waals surface area contributed by atoms with Crippen LogP contribution in [0.5, 0.6) is 0 Å². The van der Waals surface area contributed by atoms with Crippen LogP contribution in [0.3, 0.4) is 0 Å². The van der Waals surface area contributed by atoms with Gasteiger partial charge < -0.3 is 15.8 Å². The van der Waals surface area contributed by atoms with E-state index in [0.29, 0.717) is 13.0 Å². The average molecular weight is 269 g/mol. The average Bonchev–Trinajstić information content (AvgIpc) is 2.53. The zero-order chi connectivity index (χ0) is 14.2. The first-order valence-electron chi connectivity index (χ1n) is 6.60. The van der Waals surface area contributed by atoms with Crippen LogP contribution < -0.4 is 10.6 Å². The van der Waals surface area contributed by atoms with Crippen LogP contribution in [0.4, 0.5) is 5.69 Å². The molecule has 0 bridgehead atoms. The Labute approximate surface area is 119 Å². The molecule has 0 aliphatic carbocycles. The van der Waals surface area contributed by atoms with Crippen LogP contribution in [-0.4, -0.2) is 17.6 Å². The summed E-state index contributed by atoms with van der Waals surface area (Å²) in [4.78, 5) is 2.22. The van der Waals surface area contributed by atoms with E-state index in [1.165, 1.54) is 5.56 Å². The van der Waals surface area contributed by atoms with Crippen LogP contribution in [0.25, 0.3) is 0 Å². The first kappa shape index (κ1) is 13.9. The topological polar surface area (TPSA) is 61.8 Å². The summed E-state index contributed by atoms with van der Waals surface area (Å²) in [5.41, 5.74) is 7.93. The number of hydrogen-bond acceptors (Lipinski definition) is 3. The van der Waals surface area contributed by atoms with Gasteiger partial charge in [0.25, 0.3) is 0 Å². The zero-order valence-electron chi connectivity index (χ0n) is 11.3. The van der Waals surface area contributed by atoms with E-state index in [-0.39, 0.29) is 5.84 Å². The summed E-state index contributed by atoms with van der Waals surface area (Å²) >= 11 is 0. The molecule has 0 unspecified atom stereocenters. The van der Waals surface area contributed by atoms with Gasteiger partial charge in [-0.25, -0.2) is 0 Å². The fourth-order valence-electron chi connectivity index (χ4n) is 2.04. The smallest absolute Gasteiger partial charge is 0.140 e. The highest BCUT2D eigenvalue weighted by Crippen LogP contribution is 2.17. The van der Waals surface area contributed by atoms with Gasteiger partial charge in [0.05, 0.1) is 0 Å². The van der Waals surface area contributed by atoms with Crippen LogP contribution >= 0.6 is 0 Å². The van der Waals surface area contributed by atoms with Crippen LogP contribution in [0, 0.1) is 0 Å². The minimum absolute atomic E-state index is 0.249. The Morgan fingerprint density at radius 3 is 2.20 bits per heavy atom. The molecule has 2 aromatic carbocycles. The Kier molecular flexibility index (Phi) is 5.00. The van der Waals surface area contributed by atoms with Crippen LogP contribution in [0.15, 0.2) is 65.8 Å². The Morgan fingerprint density at radius 1 is 1.00 bits per heavy atom. The van der Waals surface area contributed by atoms with Crippen molar-refractivity contribution < 1.29 is 5.21 Å². The lowest BCUT2D eigenvalue weighted by Crippen LogP contribution is -2.27. The lowest BCUT2D eigenvalue weighted by molar-refractivity contribution is 0.317. The Morgan fingerprint density at radius 2 is 1.60 bits per heavy atom. The summed E-state index contributed by atoms with van der Waals surface area (Å²) in [6.45, 7) is 1.50. The Hall–Kier alpha value is -2.49. The molecule has 0 saturated heterocycles. The second-order valence-corrected chi connectivity index (χ2v) is 4.58. The standard InChI is InChI=1S/C16H19N3O/c17-16(18-20)11-12-19(15-9-5-2-6-10-15)13-14-7-3-1-4-8-14/h1-10,20H,11-13H2,(H2,17,18). The van der Waals surface area contributed by atoms with E-state index in [4.69, 9.17) is 10.9 Å². The van der Waals surface area contributed by atoms with E-state index < -0.39 is 0 Å². The number of rotatable bonds is 6. The molecule has 0 amide bonds. The van der Waals surface area contributed by atoms with E-state index in [9.17, 15) is 0 Å². The molecule has 20 heavy (non-hydrogen) atoms. The lowest BCUT2D eigenvalue weighted by Gasteiger charge is -2.24. The number of nitrogens with two attached hydrogens (primary N) is 1. The van der Waals surface area contributed by atoms with Crippen molar-refractivity contribution in [2.24, 2.45) is 10.9 Å². The molecule has 0 fully saturated rings. The van der Waals surface area contributed by atoms with Crippen molar-refractivity contribution in [3.8, 4) is 0 Å². The van der Waals surface area contributed by atoms with Gasteiger partial charge >= 0.3 is 0 Å². The molecule has 4 heteroatoms. The Balaban J connectivity index is 2.12. The molecule has 0 aliphatic heterocycles. The summed E-state index contributed by atoms with van der Waals surface area (Å²) < 4.78 is 0. The van der Waals surface area contributed by atoms with E-state index in [1.807, 2.05) is 36.4 Å². The van der Waals surface area contributed by atoms with Crippen molar-refractivity contribution in [2.75, 3.05) is 11.4 Å². The number of hydrogen-bond donors (Lipinski definition) is 2. The fourth-order valence-corrected chi connectivity index (χ4v) is 2.04. The molecule has 0 aliphatic rings. The minimum atomic E-state index is 0.249. The maximum atomic E-state index is 8.65. The maximum absolute atomic E-state index is 8.65. The fraction of sp³-hybridized carbons (Fsp3) is 0.188. The summed E-state index contributed by atoms with van der Waals surface area (Å²) in [5.74, 6) is 0.249. The monoisotopic (exact) mass is 269 g/mol. The molecule has 2 rings (SSSR count). The van der Waals surface area contributed by atoms with Crippen molar-refractivity contribution in [2.45, 2.75) is 13.0 Å². The second kappa shape index (κ2) is 7.19. The summed E-state index contributed by atoms with van der Waals surface area (Å²) in [6, 6.07) is 20.4. The number of oxime groups is 1. The second-order valence-electron chi connectivity index (χ2n) is 4.58. The SMILES string of the molecule is N/C(CCN(Cc1ccccc1)c1ccccc1)=N\O. The molecule has 0 saturated carbocycles. The van der Waals surface area contributed by atoms with Gasteiger partial charge in [0.15, 0.2) is 0 Å². The molecule has 0 radical (unpaired) electrons. The van der Waals surface area contributed by atoms with Crippen LogP contribution in [-0.2, 0) is 6.54 Å². The predicted octanol–water partition coefficient (Wildman–Crippen LogP) is 2.83. The highest BCUT2D eigenvalue weighted by Gasteiger charge is 2.08. The summed E-state index contributed by atoms with van der Waals surface area (Å²) in [5, 5.41) is 11.7. The van der Waals surface area contributed by atoms with Gasteiger partial charge in [-0.3, -0.25) is 0 Å². The van der Waals surface area contributed by atoms with Gasteiger partial charge in [0.2, 0.25) is 0 Å². The summed E-state index contributed by atoms with van der Waals surface area (Å²) in [7, 11) is 0. The minimum Gasteiger partial charge on any atom is -0.409 e. The van der Waals surface area contributed by atoms with Gasteiger partial charge in [-0.15, -0.1) is 0 Å². The number of anilines is 1. The van der Waals surface area contributed by atoms with E-state index >= 15 is 0 Å². The van der Waals surface area contributed by atoms with Gasteiger partial charge in [-0.2, -0.15) is 0 Å². The number of nitrogens with zero attached hydrogens (tertiary/aromatic N) is 2. The molecule has 104 valence electrons. The number of benzene rings is 2. The third-order valence-corrected chi connectivity index (χ3v) is 3.10. The van der Waals surface area contributed by atoms with Gasteiger partial charge in [0, 0.05) is 25.2 Å². The van der Waals surface area contributed by atoms with Gasteiger partial charge in [-0.1, -0.05) is 53.7 Å². The van der Waals surface area contributed by atoms with E-state index in [0.717, 1.165) is 12.2 Å². The number of amidine groups is 1. The van der Waals surface area contributed by atoms with Gasteiger partial charge in [-0.05, 0) is 17.7 Å². The Bertz CT molecular complexity index is 540. The predicted molar refractivity (Wildman–Crippen MR) is 82.0 cm³/mol. The van der Waals surface area contributed by atoms with Crippen LogP contribution in [0.1, 0.15) is 12.0 Å². The normalized spacial score (nSPS) is 11.3. The third kappa shape index (κ3) is 4.02. The highest BCUT2D eigenvalue weighted by molar-refractivity contribution is 5.80. The van der Waals surface area contributed by atoms with Crippen LogP contribution in [0.2, 0.25) is 0 Å². The molecule has 0 aromatic heterocycles. The van der Waals surface area contributed by atoms with E-state index in [1.54, 1.807) is 0 Å². The van der Waals surface area contributed by atoms with Crippen molar-refractivity contribution in [3.63, 3.8) is 0 Å². The molecule has 3 N–H and O–H groups in total. The molecule has 2 aromatic rings. The molecule has 0 atom stereocenters. The largest absolute Gasteiger partial charge is 0.409 e. The molecular weight excluding hydrogens is 250 g/mol. The highest BCUT2D eigenvalue weighted by atomic mass is 16.4. The summed E-state index contributed by atoms with van der Waals surface area (Å²) in [6.07, 6.45) is 0.526. The molecule has 0 spiro atoms. The molecule has 4 nitrogen and oxygen atoms in total. The molecule has 0 heterocycles. The molecular formula is C16H19N3O. The maximum Gasteiger partial charge on any atom is 0.140 e. The van der Waals surface area contributed by atoms with E-state index in [2.05, 4.69) is 34.3 Å². The van der Waals surface area contributed by atoms with Crippen molar-refractivity contribution in [1.29, 1.82) is 0 Å². The third-order valence-electron chi connectivity index (χ3n) is 3.10. The van der Waals surface area contributed by atoms with Crippen molar-refractivity contribution in [1.82, 2.24) is 0 Å². The lowest BCUT2D eigenvalue weighted by atomic mass is 10.2. The number of para-hydroxylation sites is 1. The van der Waals surface area contributed by atoms with Crippen molar-refractivity contribution >= 4 is 11.5 Å². The quantitative estimate of drug-likeness (QED) is 0.367.